The summed E-state index contributed by atoms with van der Waals surface area (Å²) in [5.74, 6) is 0.488. The van der Waals surface area contributed by atoms with E-state index < -0.39 is 0 Å². The predicted molar refractivity (Wildman–Crippen MR) is 132 cm³/mol. The normalized spacial score (nSPS) is 17.1. The van der Waals surface area contributed by atoms with Crippen LogP contribution in [0.3, 0.4) is 0 Å². The van der Waals surface area contributed by atoms with E-state index in [1.165, 1.54) is 11.8 Å². The highest BCUT2D eigenvalue weighted by molar-refractivity contribution is 14.1. The molecule has 0 radical (unpaired) electrons. The molecule has 0 bridgehead atoms. The number of aryl methyl sites for hydroxylation is 1. The number of halogens is 2. The van der Waals surface area contributed by atoms with Crippen LogP contribution in [-0.2, 0) is 4.79 Å². The minimum absolute atomic E-state index is 0.0801. The van der Waals surface area contributed by atoms with Crippen molar-refractivity contribution in [3.63, 3.8) is 0 Å². The van der Waals surface area contributed by atoms with Gasteiger partial charge in [-0.05, 0) is 83.1 Å². The minimum Gasteiger partial charge on any atom is -0.463 e. The fourth-order valence-electron chi connectivity index (χ4n) is 2.77. The van der Waals surface area contributed by atoms with Crippen molar-refractivity contribution in [1.82, 2.24) is 0 Å². The molecule has 2 aromatic rings. The molecule has 0 unspecified atom stereocenters. The van der Waals surface area contributed by atoms with Gasteiger partial charge in [-0.3, -0.25) is 14.7 Å². The lowest BCUT2D eigenvalue weighted by atomic mass is 10.1. The number of carbonyl (C=O) groups excluding carboxylic acids is 1. The van der Waals surface area contributed by atoms with Crippen LogP contribution in [0.15, 0.2) is 62.7 Å². The average molecular weight is 539 g/mol. The number of benzene rings is 2. The molecule has 0 atom stereocenters. The Kier molecular flexibility index (Phi) is 7.80. The molecule has 3 rings (SSSR count). The molecule has 1 aliphatic heterocycles. The van der Waals surface area contributed by atoms with Crippen LogP contribution in [0.1, 0.15) is 24.5 Å². The average Bonchev–Trinajstić information content (AvgIpc) is 3.01. The van der Waals surface area contributed by atoms with E-state index in [1.54, 1.807) is 27.4 Å². The van der Waals surface area contributed by atoms with Gasteiger partial charge in [0.25, 0.3) is 5.91 Å². The number of carbonyl (C=O) groups is 1. The molecule has 1 heterocycles. The highest BCUT2D eigenvalue weighted by atomic mass is 127. The lowest BCUT2D eigenvalue weighted by Gasteiger charge is -2.17. The standard InChI is InChI=1S/C22H20ClIN2O2S/c1-3-11-25-22-26(18-7-5-4-6-15(18)2)21(27)20(29-22)14-16-8-9-19(17(23)13-16)28-12-10-24/h4-10,12-14H,3,11H2,1-2H3/b12-10-,20-14-,25-22-. The Hall–Kier alpha value is -1.77. The summed E-state index contributed by atoms with van der Waals surface area (Å²) in [6.45, 7) is 4.74. The third-order valence-corrected chi connectivity index (χ3v) is 5.73. The number of amidine groups is 1. The van der Waals surface area contributed by atoms with E-state index in [2.05, 4.69) is 34.5 Å². The van der Waals surface area contributed by atoms with Gasteiger partial charge in [-0.25, -0.2) is 0 Å². The Morgan fingerprint density at radius 1 is 1.28 bits per heavy atom. The molecule has 0 saturated carbocycles. The van der Waals surface area contributed by atoms with Crippen LogP contribution >= 0.6 is 46.0 Å². The second-order valence-electron chi connectivity index (χ2n) is 6.27. The monoisotopic (exact) mass is 538 g/mol. The van der Waals surface area contributed by atoms with Gasteiger partial charge in [0, 0.05) is 10.6 Å². The number of thioether (sulfide) groups is 1. The van der Waals surface area contributed by atoms with Crippen molar-refractivity contribution in [1.29, 1.82) is 0 Å². The topological polar surface area (TPSA) is 41.9 Å². The van der Waals surface area contributed by atoms with E-state index >= 15 is 0 Å². The first-order chi connectivity index (χ1) is 14.0. The highest BCUT2D eigenvalue weighted by Gasteiger charge is 2.35. The van der Waals surface area contributed by atoms with Crippen molar-refractivity contribution in [3.05, 3.63) is 73.9 Å². The molecule has 29 heavy (non-hydrogen) atoms. The third-order valence-electron chi connectivity index (χ3n) is 4.13. The summed E-state index contributed by atoms with van der Waals surface area (Å²) in [6.07, 6.45) is 4.32. The number of hydrogen-bond acceptors (Lipinski definition) is 4. The lowest BCUT2D eigenvalue weighted by molar-refractivity contribution is -0.113. The zero-order valence-corrected chi connectivity index (χ0v) is 19.8. The Labute approximate surface area is 193 Å². The smallest absolute Gasteiger partial charge is 0.271 e. The summed E-state index contributed by atoms with van der Waals surface area (Å²) in [6, 6.07) is 13.3. The first kappa shape index (κ1) is 21.9. The van der Waals surface area contributed by atoms with Crippen LogP contribution in [0.2, 0.25) is 5.02 Å². The maximum absolute atomic E-state index is 13.2. The molecule has 7 heteroatoms. The van der Waals surface area contributed by atoms with Crippen molar-refractivity contribution in [3.8, 4) is 5.75 Å². The van der Waals surface area contributed by atoms with E-state index in [9.17, 15) is 4.79 Å². The summed E-state index contributed by atoms with van der Waals surface area (Å²) in [4.78, 5) is 20.2. The summed E-state index contributed by atoms with van der Waals surface area (Å²) in [5, 5.41) is 1.19. The van der Waals surface area contributed by atoms with Gasteiger partial charge in [-0.15, -0.1) is 0 Å². The molecular weight excluding hydrogens is 519 g/mol. The summed E-state index contributed by atoms with van der Waals surface area (Å²) < 4.78 is 7.20. The summed E-state index contributed by atoms with van der Waals surface area (Å²) in [7, 11) is 0. The van der Waals surface area contributed by atoms with Crippen molar-refractivity contribution < 1.29 is 9.53 Å². The number of hydrogen-bond donors (Lipinski definition) is 0. The second-order valence-corrected chi connectivity index (χ2v) is 8.41. The van der Waals surface area contributed by atoms with Crippen LogP contribution in [0.25, 0.3) is 6.08 Å². The zero-order chi connectivity index (χ0) is 20.8. The number of rotatable bonds is 6. The van der Waals surface area contributed by atoms with Gasteiger partial charge in [-0.2, -0.15) is 0 Å². The Bertz CT molecular complexity index is 1000. The van der Waals surface area contributed by atoms with Gasteiger partial charge in [0.2, 0.25) is 0 Å². The molecule has 1 aliphatic rings. The Morgan fingerprint density at radius 3 is 2.76 bits per heavy atom. The maximum Gasteiger partial charge on any atom is 0.271 e. The van der Waals surface area contributed by atoms with Crippen molar-refractivity contribution in [2.45, 2.75) is 20.3 Å². The molecule has 1 amide bonds. The van der Waals surface area contributed by atoms with E-state index in [4.69, 9.17) is 16.3 Å². The van der Waals surface area contributed by atoms with Crippen molar-refractivity contribution in [2.24, 2.45) is 4.99 Å². The van der Waals surface area contributed by atoms with Crippen LogP contribution in [0.4, 0.5) is 5.69 Å². The van der Waals surface area contributed by atoms with Gasteiger partial charge in [-0.1, -0.05) is 42.8 Å². The van der Waals surface area contributed by atoms with Crippen LogP contribution in [-0.4, -0.2) is 17.6 Å². The first-order valence-corrected chi connectivity index (χ1v) is 11.5. The summed E-state index contributed by atoms with van der Waals surface area (Å²) >= 11 is 9.78. The number of anilines is 1. The largest absolute Gasteiger partial charge is 0.463 e. The maximum atomic E-state index is 13.2. The van der Waals surface area contributed by atoms with Crippen LogP contribution < -0.4 is 9.64 Å². The molecule has 0 aliphatic carbocycles. The van der Waals surface area contributed by atoms with Crippen molar-refractivity contribution >= 4 is 68.8 Å². The van der Waals surface area contributed by atoms with E-state index in [-0.39, 0.29) is 5.91 Å². The second kappa shape index (κ2) is 10.3. The molecule has 2 aromatic carbocycles. The van der Waals surface area contributed by atoms with Gasteiger partial charge in [0.15, 0.2) is 5.17 Å². The highest BCUT2D eigenvalue weighted by Crippen LogP contribution is 2.38. The number of para-hydroxylation sites is 1. The number of nitrogens with zero attached hydrogens (tertiary/aromatic N) is 2. The summed E-state index contributed by atoms with van der Waals surface area (Å²) in [5.41, 5.74) is 2.72. The Balaban J connectivity index is 1.95. The molecule has 1 saturated heterocycles. The Morgan fingerprint density at radius 2 is 2.07 bits per heavy atom. The van der Waals surface area contributed by atoms with Crippen LogP contribution in [0, 0.1) is 6.92 Å². The number of ether oxygens (including phenoxy) is 1. The fraction of sp³-hybridized carbons (Fsp3) is 0.182. The first-order valence-electron chi connectivity index (χ1n) is 9.10. The quantitative estimate of drug-likeness (QED) is 0.230. The van der Waals surface area contributed by atoms with Crippen LogP contribution in [0.5, 0.6) is 5.75 Å². The van der Waals surface area contributed by atoms with E-state index in [0.717, 1.165) is 23.2 Å². The third kappa shape index (κ3) is 5.24. The van der Waals surface area contributed by atoms with E-state index in [0.29, 0.717) is 27.4 Å². The number of amides is 1. The molecule has 4 nitrogen and oxygen atoms in total. The fourth-order valence-corrected chi connectivity index (χ4v) is 4.14. The molecule has 0 aromatic heterocycles. The molecule has 1 fully saturated rings. The lowest BCUT2D eigenvalue weighted by Crippen LogP contribution is -2.29. The van der Waals surface area contributed by atoms with E-state index in [1.807, 2.05) is 43.3 Å². The predicted octanol–water partition coefficient (Wildman–Crippen LogP) is 6.82. The zero-order valence-electron chi connectivity index (χ0n) is 16.1. The number of aliphatic imine (C=N–C) groups is 1. The molecular formula is C22H20ClIN2O2S. The molecule has 150 valence electrons. The SMILES string of the molecule is CCC/N=C1\S/C(=C\c2ccc(O/C=C\I)c(Cl)c2)C(=O)N1c1ccccc1C. The van der Waals surface area contributed by atoms with Gasteiger partial charge in [0.05, 0.1) is 21.9 Å². The molecule has 0 N–H and O–H groups in total. The van der Waals surface area contributed by atoms with Crippen molar-refractivity contribution in [2.75, 3.05) is 11.4 Å². The van der Waals surface area contributed by atoms with Gasteiger partial charge < -0.3 is 4.74 Å². The molecule has 0 spiro atoms. The van der Waals surface area contributed by atoms with Gasteiger partial charge >= 0.3 is 0 Å². The minimum atomic E-state index is -0.0801. The van der Waals surface area contributed by atoms with Gasteiger partial charge in [0.1, 0.15) is 5.75 Å².